The highest BCUT2D eigenvalue weighted by atomic mass is 127. The maximum Gasteiger partial charge on any atom is 0.191 e. The summed E-state index contributed by atoms with van der Waals surface area (Å²) in [5.41, 5.74) is 0. The third kappa shape index (κ3) is 9.82. The summed E-state index contributed by atoms with van der Waals surface area (Å²) in [6.07, 6.45) is 2.84. The van der Waals surface area contributed by atoms with Crippen molar-refractivity contribution in [3.63, 3.8) is 0 Å². The molecule has 1 unspecified atom stereocenters. The predicted octanol–water partition coefficient (Wildman–Crippen LogP) is 0.416. The number of sulfone groups is 2. The van der Waals surface area contributed by atoms with E-state index in [1.165, 1.54) is 12.5 Å². The van der Waals surface area contributed by atoms with Gasteiger partial charge in [-0.05, 0) is 27.2 Å². The number of hydrogen-bond donors (Lipinski definition) is 2. The molecule has 134 valence electrons. The maximum absolute atomic E-state index is 11.6. The second-order valence-corrected chi connectivity index (χ2v) is 10.8. The van der Waals surface area contributed by atoms with Crippen LogP contribution >= 0.6 is 24.0 Å². The van der Waals surface area contributed by atoms with Crippen molar-refractivity contribution in [3.8, 4) is 0 Å². The van der Waals surface area contributed by atoms with Crippen molar-refractivity contribution >= 4 is 49.6 Å². The summed E-state index contributed by atoms with van der Waals surface area (Å²) >= 11 is 0. The molecule has 0 aromatic rings. The molecule has 22 heavy (non-hydrogen) atoms. The highest BCUT2D eigenvalue weighted by Gasteiger charge is 2.30. The lowest BCUT2D eigenvalue weighted by molar-refractivity contribution is 0.540. The van der Waals surface area contributed by atoms with E-state index >= 15 is 0 Å². The van der Waals surface area contributed by atoms with E-state index in [0.29, 0.717) is 12.4 Å². The van der Waals surface area contributed by atoms with Crippen molar-refractivity contribution in [1.29, 1.82) is 0 Å². The topological polar surface area (TPSA) is 105 Å². The Balaban J connectivity index is 0. The molecule has 0 amide bonds. The minimum atomic E-state index is -3.19. The smallest absolute Gasteiger partial charge is 0.191 e. The van der Waals surface area contributed by atoms with Crippen LogP contribution in [0.3, 0.4) is 0 Å². The lowest BCUT2D eigenvalue weighted by Gasteiger charge is -2.25. The van der Waals surface area contributed by atoms with Crippen LogP contribution in [0.25, 0.3) is 0 Å². The fourth-order valence-electron chi connectivity index (χ4n) is 1.32. The van der Waals surface area contributed by atoms with Crippen molar-refractivity contribution in [2.24, 2.45) is 4.99 Å². The van der Waals surface area contributed by atoms with Gasteiger partial charge in [-0.25, -0.2) is 16.8 Å². The zero-order valence-electron chi connectivity index (χ0n) is 14.0. The molecule has 0 saturated carbocycles. The van der Waals surface area contributed by atoms with E-state index in [0.717, 1.165) is 0 Å². The van der Waals surface area contributed by atoms with E-state index in [9.17, 15) is 16.8 Å². The van der Waals surface area contributed by atoms with Crippen LogP contribution in [0, 0.1) is 0 Å². The summed E-state index contributed by atoms with van der Waals surface area (Å²) < 4.78 is 44.6. The summed E-state index contributed by atoms with van der Waals surface area (Å²) in [6, 6.07) is -0.0905. The minimum Gasteiger partial charge on any atom is -0.355 e. The summed E-state index contributed by atoms with van der Waals surface area (Å²) in [7, 11) is -4.61. The van der Waals surface area contributed by atoms with Gasteiger partial charge in [-0.2, -0.15) is 0 Å². The SMILES string of the molecule is CN=C(NCC(C)(C)S(C)(=O)=O)NC(C)CCS(C)(=O)=O.I. The second kappa shape index (κ2) is 9.26. The van der Waals surface area contributed by atoms with E-state index in [1.807, 2.05) is 6.92 Å². The highest BCUT2D eigenvalue weighted by Crippen LogP contribution is 2.13. The quantitative estimate of drug-likeness (QED) is 0.318. The second-order valence-electron chi connectivity index (χ2n) is 5.92. The highest BCUT2D eigenvalue weighted by molar-refractivity contribution is 14.0. The minimum absolute atomic E-state index is 0. The molecular weight excluding hydrogens is 441 g/mol. The average Bonchev–Trinajstić information content (AvgIpc) is 2.29. The van der Waals surface area contributed by atoms with Gasteiger partial charge in [0.25, 0.3) is 0 Å². The van der Waals surface area contributed by atoms with Gasteiger partial charge in [0.2, 0.25) is 0 Å². The zero-order valence-corrected chi connectivity index (χ0v) is 18.0. The molecule has 1 atom stereocenters. The number of guanidine groups is 1. The molecular formula is C12H28IN3O4S2. The van der Waals surface area contributed by atoms with Crippen LogP contribution < -0.4 is 10.6 Å². The van der Waals surface area contributed by atoms with E-state index in [1.54, 1.807) is 20.9 Å². The molecule has 2 N–H and O–H groups in total. The maximum atomic E-state index is 11.6. The Bertz CT molecular complexity index is 571. The van der Waals surface area contributed by atoms with E-state index in [-0.39, 0.29) is 42.3 Å². The average molecular weight is 469 g/mol. The van der Waals surface area contributed by atoms with Crippen LogP contribution in [0.4, 0.5) is 0 Å². The number of nitrogens with one attached hydrogen (secondary N) is 2. The van der Waals surface area contributed by atoms with Crippen LogP contribution in [-0.2, 0) is 19.7 Å². The first-order valence-electron chi connectivity index (χ1n) is 6.63. The molecule has 0 aliphatic carbocycles. The number of aliphatic imine (C=N–C) groups is 1. The number of hydrogen-bond acceptors (Lipinski definition) is 5. The predicted molar refractivity (Wildman–Crippen MR) is 103 cm³/mol. The third-order valence-electron chi connectivity index (χ3n) is 3.21. The number of nitrogens with zero attached hydrogens (tertiary/aromatic N) is 1. The molecule has 10 heteroatoms. The summed E-state index contributed by atoms with van der Waals surface area (Å²) in [5.74, 6) is 0.542. The fourth-order valence-corrected chi connectivity index (χ4v) is 2.43. The molecule has 0 bridgehead atoms. The van der Waals surface area contributed by atoms with Gasteiger partial charge in [0, 0.05) is 32.1 Å². The normalized spacial score (nSPS) is 14.9. The van der Waals surface area contributed by atoms with Crippen LogP contribution in [0.2, 0.25) is 0 Å². The van der Waals surface area contributed by atoms with Gasteiger partial charge in [-0.15, -0.1) is 24.0 Å². The Morgan fingerprint density at radius 3 is 2.05 bits per heavy atom. The van der Waals surface area contributed by atoms with Crippen LogP contribution in [0.1, 0.15) is 27.2 Å². The molecule has 0 spiro atoms. The molecule has 0 radical (unpaired) electrons. The zero-order chi connectivity index (χ0) is 16.9. The number of halogens is 1. The molecule has 0 aliphatic rings. The molecule has 0 fully saturated rings. The van der Waals surface area contributed by atoms with Gasteiger partial charge in [-0.1, -0.05) is 0 Å². The van der Waals surface area contributed by atoms with Crippen molar-refractivity contribution < 1.29 is 16.8 Å². The Morgan fingerprint density at radius 1 is 1.18 bits per heavy atom. The Labute approximate surface area is 151 Å². The van der Waals surface area contributed by atoms with Gasteiger partial charge >= 0.3 is 0 Å². The van der Waals surface area contributed by atoms with Crippen LogP contribution in [-0.4, -0.2) is 65.4 Å². The van der Waals surface area contributed by atoms with Gasteiger partial charge in [0.15, 0.2) is 15.8 Å². The van der Waals surface area contributed by atoms with Crippen LogP contribution in [0.15, 0.2) is 4.99 Å². The third-order valence-corrected chi connectivity index (χ3v) is 6.34. The molecule has 0 aromatic heterocycles. The van der Waals surface area contributed by atoms with Crippen molar-refractivity contribution in [2.75, 3.05) is 31.9 Å². The van der Waals surface area contributed by atoms with Gasteiger partial charge in [0.1, 0.15) is 9.84 Å². The lowest BCUT2D eigenvalue weighted by Crippen LogP contribution is -2.49. The molecule has 0 aromatic carbocycles. The molecule has 0 heterocycles. The van der Waals surface area contributed by atoms with Crippen LogP contribution in [0.5, 0.6) is 0 Å². The Kier molecular flexibility index (Phi) is 10.2. The molecule has 0 rings (SSSR count). The van der Waals surface area contributed by atoms with Gasteiger partial charge < -0.3 is 10.6 Å². The largest absolute Gasteiger partial charge is 0.355 e. The Morgan fingerprint density at radius 2 is 1.68 bits per heavy atom. The first kappa shape index (κ1) is 24.2. The monoisotopic (exact) mass is 469 g/mol. The number of rotatable bonds is 7. The standard InChI is InChI=1S/C12H27N3O4S2.HI/c1-10(7-8-20(5,16)17)15-11(13-4)14-9-12(2,3)21(6,18)19;/h10H,7-9H2,1-6H3,(H2,13,14,15);1H. The van der Waals surface area contributed by atoms with Gasteiger partial charge in [0.05, 0.1) is 10.5 Å². The van der Waals surface area contributed by atoms with Crippen molar-refractivity contribution in [2.45, 2.75) is 38.0 Å². The summed E-state index contributed by atoms with van der Waals surface area (Å²) in [6.45, 7) is 5.33. The molecule has 0 aliphatic heterocycles. The first-order chi connectivity index (χ1) is 9.28. The molecule has 7 nitrogen and oxygen atoms in total. The van der Waals surface area contributed by atoms with E-state index in [2.05, 4.69) is 15.6 Å². The first-order valence-corrected chi connectivity index (χ1v) is 10.6. The fraction of sp³-hybridized carbons (Fsp3) is 0.917. The van der Waals surface area contributed by atoms with Crippen molar-refractivity contribution in [3.05, 3.63) is 0 Å². The summed E-state index contributed by atoms with van der Waals surface area (Å²) in [5, 5.41) is 6.00. The lowest BCUT2D eigenvalue weighted by atomic mass is 10.2. The summed E-state index contributed by atoms with van der Waals surface area (Å²) in [4.78, 5) is 4.01. The van der Waals surface area contributed by atoms with Gasteiger partial charge in [-0.3, -0.25) is 4.99 Å². The molecule has 0 saturated heterocycles. The van der Waals surface area contributed by atoms with E-state index < -0.39 is 24.4 Å². The van der Waals surface area contributed by atoms with E-state index in [4.69, 9.17) is 0 Å². The van der Waals surface area contributed by atoms with Crippen molar-refractivity contribution in [1.82, 2.24) is 10.6 Å². The Hall–Kier alpha value is -0.100.